The molecule has 35 heavy (non-hydrogen) atoms. The summed E-state index contributed by atoms with van der Waals surface area (Å²) in [5.74, 6) is -9.61. The average Bonchev–Trinajstić information content (AvgIpc) is 2.85. The molecule has 3 heterocycles. The van der Waals surface area contributed by atoms with Crippen molar-refractivity contribution < 1.29 is 36.2 Å². The molecule has 3 saturated heterocycles. The van der Waals surface area contributed by atoms with Gasteiger partial charge in [-0.1, -0.05) is 0 Å². The van der Waals surface area contributed by atoms with E-state index in [9.17, 15) is 22.0 Å². The molecule has 12 heteroatoms. The maximum absolute atomic E-state index is 14.3. The Morgan fingerprint density at radius 2 is 1.00 bits per heavy atom. The van der Waals surface area contributed by atoms with E-state index in [4.69, 9.17) is 14.2 Å². The number of nitrogens with zero attached hydrogens (tertiary/aromatic N) is 3. The molecule has 0 aliphatic carbocycles. The van der Waals surface area contributed by atoms with E-state index in [1.807, 2.05) is 0 Å². The van der Waals surface area contributed by atoms with Gasteiger partial charge in [-0.15, -0.1) is 0 Å². The molecule has 3 aliphatic heterocycles. The molecule has 0 saturated carbocycles. The van der Waals surface area contributed by atoms with Crippen LogP contribution in [0.1, 0.15) is 5.56 Å². The highest BCUT2D eigenvalue weighted by Crippen LogP contribution is 2.24. The summed E-state index contributed by atoms with van der Waals surface area (Å²) in [6.07, 6.45) is 0. The van der Waals surface area contributed by atoms with Crippen LogP contribution in [0.2, 0.25) is 0 Å². The summed E-state index contributed by atoms with van der Waals surface area (Å²) in [5.41, 5.74) is -0.838. The van der Waals surface area contributed by atoms with E-state index >= 15 is 0 Å². The highest BCUT2D eigenvalue weighted by molar-refractivity contribution is 5.24. The van der Waals surface area contributed by atoms with E-state index < -0.39 is 41.2 Å². The van der Waals surface area contributed by atoms with Gasteiger partial charge in [-0.05, 0) is 0 Å². The summed E-state index contributed by atoms with van der Waals surface area (Å²) >= 11 is 0. The zero-order valence-corrected chi connectivity index (χ0v) is 20.0. The number of benzene rings is 1. The Bertz CT molecular complexity index is 746. The molecular weight excluding hydrogens is 475 g/mol. The van der Waals surface area contributed by atoms with Crippen molar-refractivity contribution in [3.63, 3.8) is 0 Å². The predicted molar refractivity (Wildman–Crippen MR) is 120 cm³/mol. The number of ether oxygens (including phenoxy) is 3. The van der Waals surface area contributed by atoms with Gasteiger partial charge in [0.1, 0.15) is 0 Å². The number of fused-ring (bicyclic) bond motifs is 18. The highest BCUT2D eigenvalue weighted by atomic mass is 19.2. The van der Waals surface area contributed by atoms with Crippen molar-refractivity contribution in [1.82, 2.24) is 20.0 Å². The molecule has 3 aliphatic rings. The Hall–Kier alpha value is -1.41. The monoisotopic (exact) mass is 510 g/mol. The first-order valence-corrected chi connectivity index (χ1v) is 12.1. The molecule has 200 valence electrons. The molecule has 2 bridgehead atoms. The van der Waals surface area contributed by atoms with E-state index in [0.717, 1.165) is 26.2 Å². The third-order valence-electron chi connectivity index (χ3n) is 6.20. The van der Waals surface area contributed by atoms with Gasteiger partial charge in [0.05, 0.1) is 39.6 Å². The number of hydrogen-bond donors (Lipinski definition) is 1. The van der Waals surface area contributed by atoms with Crippen LogP contribution in [0.3, 0.4) is 0 Å². The van der Waals surface area contributed by atoms with Gasteiger partial charge in [0.2, 0.25) is 5.82 Å². The molecule has 0 aromatic heterocycles. The molecule has 3 fully saturated rings. The molecule has 0 spiro atoms. The fourth-order valence-corrected chi connectivity index (χ4v) is 4.02. The first-order chi connectivity index (χ1) is 17.0. The molecule has 1 aromatic rings. The molecule has 1 N–H and O–H groups in total. The van der Waals surface area contributed by atoms with Crippen molar-refractivity contribution in [2.45, 2.75) is 6.54 Å². The number of nitrogens with one attached hydrogen (secondary N) is 1. The smallest absolute Gasteiger partial charge is 0.200 e. The van der Waals surface area contributed by atoms with Crippen LogP contribution >= 0.6 is 0 Å². The molecule has 0 unspecified atom stereocenters. The largest absolute Gasteiger partial charge is 0.379 e. The number of halogens is 5. The summed E-state index contributed by atoms with van der Waals surface area (Å²) < 4.78 is 86.8. The summed E-state index contributed by atoms with van der Waals surface area (Å²) in [6, 6.07) is 0. The van der Waals surface area contributed by atoms with Gasteiger partial charge < -0.3 is 19.5 Å². The first kappa shape index (κ1) is 28.2. The van der Waals surface area contributed by atoms with Crippen molar-refractivity contribution in [3.05, 3.63) is 34.6 Å². The van der Waals surface area contributed by atoms with Crippen LogP contribution < -0.4 is 5.32 Å². The van der Waals surface area contributed by atoms with Crippen LogP contribution in [-0.4, -0.2) is 120 Å². The maximum atomic E-state index is 14.3. The van der Waals surface area contributed by atoms with Gasteiger partial charge in [0, 0.05) is 77.6 Å². The molecule has 0 atom stereocenters. The minimum Gasteiger partial charge on any atom is -0.379 e. The summed E-state index contributed by atoms with van der Waals surface area (Å²) in [6.45, 7) is 8.79. The molecule has 4 rings (SSSR count). The van der Waals surface area contributed by atoms with E-state index in [-0.39, 0.29) is 13.2 Å². The fourth-order valence-electron chi connectivity index (χ4n) is 4.02. The van der Waals surface area contributed by atoms with Crippen molar-refractivity contribution in [3.8, 4) is 0 Å². The van der Waals surface area contributed by atoms with Crippen molar-refractivity contribution in [2.75, 3.05) is 105 Å². The lowest BCUT2D eigenvalue weighted by atomic mass is 10.1. The topological polar surface area (TPSA) is 49.4 Å². The number of rotatable bonds is 2. The second-order valence-corrected chi connectivity index (χ2v) is 8.60. The Balaban J connectivity index is 1.71. The van der Waals surface area contributed by atoms with Crippen LogP contribution in [0.5, 0.6) is 0 Å². The van der Waals surface area contributed by atoms with Gasteiger partial charge in [0.15, 0.2) is 23.3 Å². The zero-order chi connectivity index (χ0) is 25.0. The van der Waals surface area contributed by atoms with Crippen LogP contribution in [0.25, 0.3) is 0 Å². The van der Waals surface area contributed by atoms with Crippen LogP contribution in [0.4, 0.5) is 22.0 Å². The quantitative estimate of drug-likeness (QED) is 0.280. The lowest BCUT2D eigenvalue weighted by Gasteiger charge is -2.29. The summed E-state index contributed by atoms with van der Waals surface area (Å²) in [4.78, 5) is 6.05. The van der Waals surface area contributed by atoms with Crippen molar-refractivity contribution in [2.24, 2.45) is 0 Å². The SMILES string of the molecule is Fc1c(F)c(F)c(CN2CCOCCNCCN3CCOCCN(CCOCC3)CC2)c(F)c1F. The highest BCUT2D eigenvalue weighted by Gasteiger charge is 2.27. The third-order valence-corrected chi connectivity index (χ3v) is 6.20. The van der Waals surface area contributed by atoms with Crippen LogP contribution in [-0.2, 0) is 20.8 Å². The van der Waals surface area contributed by atoms with E-state index in [0.29, 0.717) is 65.8 Å². The summed E-state index contributed by atoms with van der Waals surface area (Å²) in [5, 5.41) is 3.31. The van der Waals surface area contributed by atoms with Crippen molar-refractivity contribution >= 4 is 0 Å². The van der Waals surface area contributed by atoms with E-state index in [1.165, 1.54) is 0 Å². The van der Waals surface area contributed by atoms with Crippen LogP contribution in [0, 0.1) is 29.1 Å². The molecule has 0 amide bonds. The lowest BCUT2D eigenvalue weighted by Crippen LogP contribution is -2.42. The third kappa shape index (κ3) is 8.88. The average molecular weight is 511 g/mol. The lowest BCUT2D eigenvalue weighted by molar-refractivity contribution is 0.0327. The van der Waals surface area contributed by atoms with Gasteiger partial charge in [-0.2, -0.15) is 0 Å². The second-order valence-electron chi connectivity index (χ2n) is 8.60. The van der Waals surface area contributed by atoms with E-state index in [1.54, 1.807) is 4.90 Å². The minimum atomic E-state index is -2.15. The second kappa shape index (κ2) is 15.0. The Labute approximate surface area is 203 Å². The Morgan fingerprint density at radius 3 is 1.60 bits per heavy atom. The standard InChI is InChI=1S/C23H35F5N4O3/c24-19-18(20(25)22(27)23(28)21(19)26)17-32-5-4-31-8-14-34-12-6-30(7-13-35-15-9-31)3-1-29-2-11-33-16-10-32/h29H,1-17H2. The first-order valence-electron chi connectivity index (χ1n) is 12.1. The Morgan fingerprint density at radius 1 is 0.514 bits per heavy atom. The molecule has 0 radical (unpaired) electrons. The predicted octanol–water partition coefficient (Wildman–Crippen LogP) is 1.45. The van der Waals surface area contributed by atoms with Gasteiger partial charge in [0.25, 0.3) is 0 Å². The normalized spacial score (nSPS) is 25.3. The molecule has 7 nitrogen and oxygen atoms in total. The van der Waals surface area contributed by atoms with Gasteiger partial charge in [-0.25, -0.2) is 22.0 Å². The Kier molecular flexibility index (Phi) is 12.1. The van der Waals surface area contributed by atoms with Crippen LogP contribution in [0.15, 0.2) is 0 Å². The maximum Gasteiger partial charge on any atom is 0.200 e. The van der Waals surface area contributed by atoms with Gasteiger partial charge >= 0.3 is 0 Å². The minimum absolute atomic E-state index is 0.259. The number of hydrogen-bond acceptors (Lipinski definition) is 7. The fraction of sp³-hybridized carbons (Fsp3) is 0.739. The molecular formula is C23H35F5N4O3. The van der Waals surface area contributed by atoms with Gasteiger partial charge in [-0.3, -0.25) is 14.7 Å². The zero-order valence-electron chi connectivity index (χ0n) is 20.0. The molecule has 1 aromatic carbocycles. The summed E-state index contributed by atoms with van der Waals surface area (Å²) in [7, 11) is 0. The van der Waals surface area contributed by atoms with E-state index in [2.05, 4.69) is 15.1 Å². The van der Waals surface area contributed by atoms with Crippen molar-refractivity contribution in [1.29, 1.82) is 0 Å².